The number of benzene rings is 1. The normalized spacial score (nSPS) is 33.5. The minimum absolute atomic E-state index is 0.00561. The van der Waals surface area contributed by atoms with Gasteiger partial charge >= 0.3 is 5.97 Å². The van der Waals surface area contributed by atoms with E-state index in [1.165, 1.54) is 6.34 Å². The molecule has 2 aliphatic carbocycles. The van der Waals surface area contributed by atoms with Crippen molar-refractivity contribution in [1.29, 1.82) is 5.41 Å². The smallest absolute Gasteiger partial charge is 0.340 e. The average Bonchev–Trinajstić information content (AvgIpc) is 3.33. The zero-order chi connectivity index (χ0) is 20.1. The van der Waals surface area contributed by atoms with Gasteiger partial charge in [0.1, 0.15) is 0 Å². The molecule has 0 aromatic heterocycles. The summed E-state index contributed by atoms with van der Waals surface area (Å²) in [5.74, 6) is -4.40. The summed E-state index contributed by atoms with van der Waals surface area (Å²) in [6, 6.07) is 6.93. The first-order chi connectivity index (χ1) is 13.2. The molecule has 3 fully saturated rings. The fourth-order valence-corrected chi connectivity index (χ4v) is 5.71. The van der Waals surface area contributed by atoms with Crippen molar-refractivity contribution in [3.8, 4) is 0 Å². The number of carboxylic acid groups (broad SMARTS) is 1. The minimum atomic E-state index is -2.93. The van der Waals surface area contributed by atoms with Crippen molar-refractivity contribution in [3.05, 3.63) is 35.4 Å². The van der Waals surface area contributed by atoms with Crippen LogP contribution in [-0.4, -0.2) is 46.4 Å². The van der Waals surface area contributed by atoms with Crippen LogP contribution in [0.1, 0.15) is 49.1 Å². The number of rotatable bonds is 5. The Bertz CT molecular complexity index is 773. The quantitative estimate of drug-likeness (QED) is 0.529. The van der Waals surface area contributed by atoms with Gasteiger partial charge in [0.25, 0.3) is 0 Å². The maximum absolute atomic E-state index is 13.8. The van der Waals surface area contributed by atoms with E-state index in [0.29, 0.717) is 11.8 Å². The lowest BCUT2D eigenvalue weighted by molar-refractivity contribution is -0.167. The first-order valence-corrected chi connectivity index (χ1v) is 9.92. The van der Waals surface area contributed by atoms with Gasteiger partial charge in [-0.25, -0.2) is 13.6 Å². The molecule has 28 heavy (non-hydrogen) atoms. The number of likely N-dealkylation sites (tertiary alicyclic amines) is 1. The molecule has 2 saturated carbocycles. The van der Waals surface area contributed by atoms with E-state index in [0.717, 1.165) is 31.5 Å². The fraction of sp³-hybridized carbons (Fsp3) is 0.619. The minimum Gasteiger partial charge on any atom is -0.479 e. The molecule has 152 valence electrons. The number of carbonyl (C=O) groups is 1. The number of nitrogens with one attached hydrogen (secondary N) is 1. The van der Waals surface area contributed by atoms with Crippen LogP contribution in [0.25, 0.3) is 0 Å². The van der Waals surface area contributed by atoms with Crippen LogP contribution in [0.15, 0.2) is 24.3 Å². The van der Waals surface area contributed by atoms with E-state index in [9.17, 15) is 23.8 Å². The highest BCUT2D eigenvalue weighted by Gasteiger charge is 2.55. The molecule has 1 aromatic rings. The Balaban J connectivity index is 1.66. The van der Waals surface area contributed by atoms with Gasteiger partial charge < -0.3 is 15.1 Å². The Morgan fingerprint density at radius 3 is 2.43 bits per heavy atom. The third-order valence-electron chi connectivity index (χ3n) is 7.09. The summed E-state index contributed by atoms with van der Waals surface area (Å²) < 4.78 is 27.6. The Kier molecular flexibility index (Phi) is 4.68. The number of hydrogen-bond acceptors (Lipinski definition) is 3. The van der Waals surface area contributed by atoms with E-state index in [1.54, 1.807) is 12.1 Å². The van der Waals surface area contributed by atoms with Gasteiger partial charge in [-0.3, -0.25) is 5.41 Å². The molecule has 5 atom stereocenters. The maximum atomic E-state index is 13.8. The summed E-state index contributed by atoms with van der Waals surface area (Å²) in [6.07, 6.45) is 2.10. The third kappa shape index (κ3) is 3.09. The van der Waals surface area contributed by atoms with Crippen molar-refractivity contribution < 1.29 is 23.8 Å². The van der Waals surface area contributed by atoms with Crippen molar-refractivity contribution in [2.45, 2.75) is 49.5 Å². The van der Waals surface area contributed by atoms with Gasteiger partial charge in [-0.2, -0.15) is 0 Å². The largest absolute Gasteiger partial charge is 0.479 e. The molecule has 1 heterocycles. The summed E-state index contributed by atoms with van der Waals surface area (Å²) in [6.45, 7) is 1.65. The van der Waals surface area contributed by atoms with Crippen molar-refractivity contribution >= 4 is 12.3 Å². The highest BCUT2D eigenvalue weighted by Crippen LogP contribution is 2.52. The van der Waals surface area contributed by atoms with E-state index in [4.69, 9.17) is 5.41 Å². The van der Waals surface area contributed by atoms with Crippen LogP contribution in [-0.2, 0) is 10.4 Å². The maximum Gasteiger partial charge on any atom is 0.340 e. The number of nitrogens with zero attached hydrogens (tertiary/aromatic N) is 1. The second-order valence-corrected chi connectivity index (χ2v) is 8.73. The predicted octanol–water partition coefficient (Wildman–Crippen LogP) is 3.43. The molecule has 5 nitrogen and oxygen atoms in total. The second kappa shape index (κ2) is 6.79. The first kappa shape index (κ1) is 19.3. The Morgan fingerprint density at radius 1 is 1.25 bits per heavy atom. The average molecular weight is 392 g/mol. The molecule has 7 heteroatoms. The van der Waals surface area contributed by atoms with Crippen LogP contribution in [0.2, 0.25) is 0 Å². The number of halogens is 2. The molecule has 1 aromatic carbocycles. The molecular formula is C21H26F2N2O3. The summed E-state index contributed by atoms with van der Waals surface area (Å²) in [5.41, 5.74) is -1.24. The van der Waals surface area contributed by atoms with Gasteiger partial charge in [0.15, 0.2) is 5.60 Å². The number of alkyl halides is 2. The zero-order valence-electron chi connectivity index (χ0n) is 15.7. The van der Waals surface area contributed by atoms with E-state index in [2.05, 4.69) is 0 Å². The number of hydrogen-bond donors (Lipinski definition) is 3. The molecule has 3 aliphatic rings. The molecule has 3 N–H and O–H groups in total. The molecule has 0 spiro atoms. The summed E-state index contributed by atoms with van der Waals surface area (Å²) in [5, 5.41) is 28.6. The van der Waals surface area contributed by atoms with Gasteiger partial charge in [0, 0.05) is 31.8 Å². The number of carboxylic acids is 1. The molecule has 4 rings (SSSR count). The van der Waals surface area contributed by atoms with Crippen LogP contribution in [0.5, 0.6) is 0 Å². The van der Waals surface area contributed by atoms with Gasteiger partial charge in [0.2, 0.25) is 5.92 Å². The van der Waals surface area contributed by atoms with Crippen LogP contribution in [0.4, 0.5) is 8.78 Å². The highest BCUT2D eigenvalue weighted by atomic mass is 19.3. The lowest BCUT2D eigenvalue weighted by atomic mass is 9.75. The zero-order valence-corrected chi connectivity index (χ0v) is 15.7. The SMILES string of the molecule is N=CN1C[C@H]2CC(c3ccccc3[C@@](O)(C(=O)O)[C@@H]3CCC(F)(F)C3)C[C@H]2C1. The van der Waals surface area contributed by atoms with Crippen LogP contribution in [0, 0.1) is 23.2 Å². The number of fused-ring (bicyclic) bond motifs is 1. The molecule has 1 unspecified atom stereocenters. The summed E-state index contributed by atoms with van der Waals surface area (Å²) in [4.78, 5) is 14.1. The van der Waals surface area contributed by atoms with Crippen LogP contribution < -0.4 is 0 Å². The fourth-order valence-electron chi connectivity index (χ4n) is 5.71. The van der Waals surface area contributed by atoms with Crippen molar-refractivity contribution in [2.24, 2.45) is 17.8 Å². The Hall–Kier alpha value is -2.02. The van der Waals surface area contributed by atoms with Gasteiger partial charge in [-0.1, -0.05) is 24.3 Å². The van der Waals surface area contributed by atoms with Crippen LogP contribution in [0.3, 0.4) is 0 Å². The first-order valence-electron chi connectivity index (χ1n) is 9.92. The van der Waals surface area contributed by atoms with Crippen LogP contribution >= 0.6 is 0 Å². The standard InChI is InChI=1S/C21H26F2N2O3/c22-20(23)6-5-16(9-20)21(28,19(26)27)18-4-2-1-3-17(18)13-7-14-10-25(12-24)11-15(14)8-13/h1-4,12-16,24,28H,5-11H2,(H,26,27)/t13?,14-,15+,16-,21-/m1/s1. The van der Waals surface area contributed by atoms with Crippen molar-refractivity contribution in [3.63, 3.8) is 0 Å². The van der Waals surface area contributed by atoms with E-state index in [-0.39, 0.29) is 24.3 Å². The van der Waals surface area contributed by atoms with Crippen molar-refractivity contribution in [2.75, 3.05) is 13.1 Å². The highest BCUT2D eigenvalue weighted by molar-refractivity contribution is 5.80. The van der Waals surface area contributed by atoms with Crippen molar-refractivity contribution in [1.82, 2.24) is 4.90 Å². The lowest BCUT2D eigenvalue weighted by Crippen LogP contribution is -2.43. The molecule has 0 amide bonds. The third-order valence-corrected chi connectivity index (χ3v) is 7.09. The molecule has 1 saturated heterocycles. The van der Waals surface area contributed by atoms with Gasteiger partial charge in [-0.05, 0) is 48.1 Å². The number of aliphatic carboxylic acids is 1. The molecule has 0 radical (unpaired) electrons. The van der Waals surface area contributed by atoms with E-state index in [1.807, 2.05) is 17.0 Å². The predicted molar refractivity (Wildman–Crippen MR) is 99.6 cm³/mol. The monoisotopic (exact) mass is 392 g/mol. The topological polar surface area (TPSA) is 84.6 Å². The lowest BCUT2D eigenvalue weighted by Gasteiger charge is -2.33. The second-order valence-electron chi connectivity index (χ2n) is 8.73. The Morgan fingerprint density at radius 2 is 1.89 bits per heavy atom. The Labute approximate surface area is 162 Å². The molecular weight excluding hydrogens is 366 g/mol. The summed E-state index contributed by atoms with van der Waals surface area (Å²) >= 11 is 0. The van der Waals surface area contributed by atoms with E-state index < -0.39 is 29.8 Å². The van der Waals surface area contributed by atoms with E-state index >= 15 is 0 Å². The molecule has 0 bridgehead atoms. The summed E-state index contributed by atoms with van der Waals surface area (Å²) in [7, 11) is 0. The number of aliphatic hydroxyl groups is 1. The van der Waals surface area contributed by atoms with Gasteiger partial charge in [-0.15, -0.1) is 0 Å². The van der Waals surface area contributed by atoms with Gasteiger partial charge in [0.05, 0.1) is 6.34 Å². The molecule has 1 aliphatic heterocycles.